The molecular formula is C17H27N3. The lowest BCUT2D eigenvalue weighted by Gasteiger charge is -2.39. The van der Waals surface area contributed by atoms with Crippen LogP contribution in [0.25, 0.3) is 0 Å². The van der Waals surface area contributed by atoms with E-state index in [1.165, 1.54) is 36.8 Å². The van der Waals surface area contributed by atoms with Crippen LogP contribution in [0.3, 0.4) is 0 Å². The normalized spacial score (nSPS) is 31.4. The summed E-state index contributed by atoms with van der Waals surface area (Å²) in [6.45, 7) is 2.21. The second-order valence-corrected chi connectivity index (χ2v) is 6.52. The van der Waals surface area contributed by atoms with Crippen LogP contribution in [-0.2, 0) is 6.42 Å². The van der Waals surface area contributed by atoms with Crippen molar-refractivity contribution < 1.29 is 0 Å². The number of aryl methyl sites for hydroxylation is 1. The van der Waals surface area contributed by atoms with Gasteiger partial charge in [0.15, 0.2) is 0 Å². The third kappa shape index (κ3) is 2.50. The van der Waals surface area contributed by atoms with E-state index in [0.717, 1.165) is 18.5 Å². The molecule has 1 aromatic carbocycles. The molecule has 3 unspecified atom stereocenters. The summed E-state index contributed by atoms with van der Waals surface area (Å²) in [6.07, 6.45) is 6.37. The molecule has 0 aliphatic carbocycles. The minimum atomic E-state index is 0.304. The van der Waals surface area contributed by atoms with Crippen molar-refractivity contribution in [1.29, 1.82) is 0 Å². The predicted octanol–water partition coefficient (Wildman–Crippen LogP) is 2.63. The number of hydrogen-bond donors (Lipinski definition) is 2. The Morgan fingerprint density at radius 3 is 2.60 bits per heavy atom. The van der Waals surface area contributed by atoms with Gasteiger partial charge in [0.05, 0.1) is 0 Å². The maximum atomic E-state index is 5.91. The first-order valence-corrected chi connectivity index (χ1v) is 7.99. The summed E-state index contributed by atoms with van der Waals surface area (Å²) in [5.41, 5.74) is 5.87. The smallest absolute Gasteiger partial charge is 0.0489 e. The Kier molecular flexibility index (Phi) is 4.11. The average Bonchev–Trinajstić information content (AvgIpc) is 2.70. The molecule has 2 bridgehead atoms. The third-order valence-corrected chi connectivity index (χ3v) is 5.50. The zero-order valence-corrected chi connectivity index (χ0v) is 12.7. The summed E-state index contributed by atoms with van der Waals surface area (Å²) in [4.78, 5) is 2.59. The highest BCUT2D eigenvalue weighted by Crippen LogP contribution is 2.42. The van der Waals surface area contributed by atoms with Crippen molar-refractivity contribution >= 4 is 0 Å². The van der Waals surface area contributed by atoms with Crippen molar-refractivity contribution in [3.63, 3.8) is 0 Å². The van der Waals surface area contributed by atoms with E-state index >= 15 is 0 Å². The van der Waals surface area contributed by atoms with Crippen molar-refractivity contribution in [2.24, 2.45) is 11.8 Å². The van der Waals surface area contributed by atoms with Gasteiger partial charge in [0.2, 0.25) is 0 Å². The number of nitrogens with two attached hydrogens (primary N) is 1. The van der Waals surface area contributed by atoms with Gasteiger partial charge in [0.25, 0.3) is 0 Å². The van der Waals surface area contributed by atoms with Gasteiger partial charge in [-0.25, -0.2) is 0 Å². The predicted molar refractivity (Wildman–Crippen MR) is 83.2 cm³/mol. The van der Waals surface area contributed by atoms with Crippen molar-refractivity contribution in [1.82, 2.24) is 10.3 Å². The highest BCUT2D eigenvalue weighted by Gasteiger charge is 2.41. The van der Waals surface area contributed by atoms with Gasteiger partial charge in [0, 0.05) is 18.1 Å². The first-order valence-electron chi connectivity index (χ1n) is 7.99. The molecule has 2 aliphatic heterocycles. The molecule has 1 aromatic rings. The first-order chi connectivity index (χ1) is 9.72. The number of nitrogens with zero attached hydrogens (tertiary/aromatic N) is 1. The van der Waals surface area contributed by atoms with Crippen LogP contribution in [0.2, 0.25) is 0 Å². The molecule has 2 aliphatic rings. The topological polar surface area (TPSA) is 41.3 Å². The highest BCUT2D eigenvalue weighted by atomic mass is 15.2. The van der Waals surface area contributed by atoms with Gasteiger partial charge < -0.3 is 4.90 Å². The Balaban J connectivity index is 1.80. The van der Waals surface area contributed by atoms with Gasteiger partial charge in [-0.1, -0.05) is 31.2 Å². The minimum Gasteiger partial charge on any atom is -0.300 e. The second kappa shape index (κ2) is 5.84. The number of hydrogen-bond acceptors (Lipinski definition) is 3. The van der Waals surface area contributed by atoms with E-state index in [1.54, 1.807) is 0 Å². The molecule has 3 nitrogen and oxygen atoms in total. The van der Waals surface area contributed by atoms with Crippen LogP contribution in [0.5, 0.6) is 0 Å². The molecule has 20 heavy (non-hydrogen) atoms. The van der Waals surface area contributed by atoms with E-state index in [0.29, 0.717) is 12.0 Å². The molecule has 0 saturated carbocycles. The zero-order chi connectivity index (χ0) is 14.1. The van der Waals surface area contributed by atoms with E-state index in [1.807, 2.05) is 0 Å². The van der Waals surface area contributed by atoms with Crippen molar-refractivity contribution in [2.45, 2.75) is 57.2 Å². The van der Waals surface area contributed by atoms with Crippen LogP contribution in [0.1, 0.15) is 49.8 Å². The maximum Gasteiger partial charge on any atom is 0.0489 e. The SMILES string of the molecule is CCc1cccc(C(NN)C2CC3CCC(C2)N3C)c1. The van der Waals surface area contributed by atoms with Crippen LogP contribution >= 0.6 is 0 Å². The van der Waals surface area contributed by atoms with E-state index in [-0.39, 0.29) is 0 Å². The molecule has 2 saturated heterocycles. The lowest BCUT2D eigenvalue weighted by molar-refractivity contribution is 0.112. The molecule has 3 heteroatoms. The highest BCUT2D eigenvalue weighted by molar-refractivity contribution is 5.27. The van der Waals surface area contributed by atoms with Crippen LogP contribution in [0.4, 0.5) is 0 Å². The average molecular weight is 273 g/mol. The van der Waals surface area contributed by atoms with E-state index in [9.17, 15) is 0 Å². The number of nitrogens with one attached hydrogen (secondary N) is 1. The molecule has 3 rings (SSSR count). The summed E-state index contributed by atoms with van der Waals surface area (Å²) < 4.78 is 0. The quantitative estimate of drug-likeness (QED) is 0.654. The summed E-state index contributed by atoms with van der Waals surface area (Å²) in [5.74, 6) is 6.58. The zero-order valence-electron chi connectivity index (χ0n) is 12.7. The number of rotatable bonds is 4. The van der Waals surface area contributed by atoms with Crippen LogP contribution in [0, 0.1) is 5.92 Å². The van der Waals surface area contributed by atoms with E-state index in [4.69, 9.17) is 5.84 Å². The number of hydrazine groups is 1. The first kappa shape index (κ1) is 14.1. The Labute approximate surface area is 122 Å². The van der Waals surface area contributed by atoms with E-state index in [2.05, 4.69) is 48.6 Å². The van der Waals surface area contributed by atoms with Gasteiger partial charge in [-0.3, -0.25) is 11.3 Å². The Bertz CT molecular complexity index is 445. The Morgan fingerprint density at radius 2 is 2.00 bits per heavy atom. The van der Waals surface area contributed by atoms with Crippen LogP contribution in [-0.4, -0.2) is 24.0 Å². The molecule has 3 atom stereocenters. The number of benzene rings is 1. The number of fused-ring (bicyclic) bond motifs is 2. The summed E-state index contributed by atoms with van der Waals surface area (Å²) >= 11 is 0. The Morgan fingerprint density at radius 1 is 1.30 bits per heavy atom. The maximum absolute atomic E-state index is 5.91. The molecule has 0 radical (unpaired) electrons. The molecule has 0 spiro atoms. The van der Waals surface area contributed by atoms with Crippen molar-refractivity contribution in [3.05, 3.63) is 35.4 Å². The lowest BCUT2D eigenvalue weighted by Crippen LogP contribution is -2.45. The fourth-order valence-electron chi connectivity index (χ4n) is 4.24. The second-order valence-electron chi connectivity index (χ2n) is 6.52. The van der Waals surface area contributed by atoms with Crippen LogP contribution in [0.15, 0.2) is 24.3 Å². The Hall–Kier alpha value is -0.900. The molecule has 3 N–H and O–H groups in total. The summed E-state index contributed by atoms with van der Waals surface area (Å²) in [5, 5.41) is 0. The van der Waals surface area contributed by atoms with E-state index < -0.39 is 0 Å². The number of piperidine rings is 1. The third-order valence-electron chi connectivity index (χ3n) is 5.50. The molecule has 0 amide bonds. The molecule has 2 heterocycles. The van der Waals surface area contributed by atoms with Crippen molar-refractivity contribution in [2.75, 3.05) is 7.05 Å². The fourth-order valence-corrected chi connectivity index (χ4v) is 4.24. The van der Waals surface area contributed by atoms with Gasteiger partial charge in [-0.05, 0) is 56.2 Å². The monoisotopic (exact) mass is 273 g/mol. The fraction of sp³-hybridized carbons (Fsp3) is 0.647. The van der Waals surface area contributed by atoms with Gasteiger partial charge in [-0.2, -0.15) is 0 Å². The van der Waals surface area contributed by atoms with Gasteiger partial charge in [-0.15, -0.1) is 0 Å². The molecule has 0 aromatic heterocycles. The standard InChI is InChI=1S/C17H27N3/c1-3-12-5-4-6-13(9-12)17(19-18)14-10-15-7-8-16(11-14)20(15)2/h4-6,9,14-17,19H,3,7-8,10-11,18H2,1-2H3. The van der Waals surface area contributed by atoms with Crippen molar-refractivity contribution in [3.8, 4) is 0 Å². The summed E-state index contributed by atoms with van der Waals surface area (Å²) in [7, 11) is 2.29. The molecule has 110 valence electrons. The molecule has 2 fully saturated rings. The van der Waals surface area contributed by atoms with Gasteiger partial charge >= 0.3 is 0 Å². The largest absolute Gasteiger partial charge is 0.300 e. The van der Waals surface area contributed by atoms with Crippen LogP contribution < -0.4 is 11.3 Å². The summed E-state index contributed by atoms with van der Waals surface area (Å²) in [6, 6.07) is 10.8. The van der Waals surface area contributed by atoms with Gasteiger partial charge in [0.1, 0.15) is 0 Å². The minimum absolute atomic E-state index is 0.304. The lowest BCUT2D eigenvalue weighted by atomic mass is 9.82. The molecular weight excluding hydrogens is 246 g/mol.